The number of ether oxygens (including phenoxy) is 1. The third-order valence-corrected chi connectivity index (χ3v) is 2.66. The minimum absolute atomic E-state index is 0.231. The molecule has 0 radical (unpaired) electrons. The highest BCUT2D eigenvalue weighted by molar-refractivity contribution is 6.04. The van der Waals surface area contributed by atoms with Gasteiger partial charge in [-0.25, -0.2) is 4.98 Å². The second-order valence-corrected chi connectivity index (χ2v) is 4.18. The molecule has 1 aromatic carbocycles. The number of anilines is 1. The van der Waals surface area contributed by atoms with Crippen LogP contribution in [0.25, 0.3) is 0 Å². The molecule has 0 saturated carbocycles. The molecule has 0 saturated heterocycles. The Kier molecular flexibility index (Phi) is 3.75. The summed E-state index contributed by atoms with van der Waals surface area (Å²) in [6.07, 6.45) is 1.46. The molecule has 2 rings (SSSR count). The van der Waals surface area contributed by atoms with E-state index in [1.165, 1.54) is 13.3 Å². The van der Waals surface area contributed by atoms with Crippen LogP contribution in [0.4, 0.5) is 5.69 Å². The molecular formula is C14H15N3O2. The monoisotopic (exact) mass is 257 g/mol. The van der Waals surface area contributed by atoms with Crippen molar-refractivity contribution in [2.75, 3.05) is 12.4 Å². The maximum absolute atomic E-state index is 12.1. The van der Waals surface area contributed by atoms with E-state index in [-0.39, 0.29) is 11.9 Å². The van der Waals surface area contributed by atoms with Gasteiger partial charge in [0.2, 0.25) is 0 Å². The van der Waals surface area contributed by atoms with Gasteiger partial charge in [0.15, 0.2) is 0 Å². The van der Waals surface area contributed by atoms with Crippen LogP contribution >= 0.6 is 0 Å². The topological polar surface area (TPSA) is 64.1 Å². The van der Waals surface area contributed by atoms with Gasteiger partial charge in [-0.15, -0.1) is 0 Å². The number of aryl methyl sites for hydroxylation is 2. The molecule has 1 amide bonds. The molecule has 2 aromatic rings. The normalized spacial score (nSPS) is 10.1. The first-order valence-corrected chi connectivity index (χ1v) is 5.86. The standard InChI is InChI=1S/C14H15N3O2/c1-9-5-4-6-11(7-9)17-13(18)12-8-15-14(19-3)16-10(12)2/h4-8H,1-3H3,(H,17,18). The molecular weight excluding hydrogens is 242 g/mol. The molecule has 19 heavy (non-hydrogen) atoms. The van der Waals surface area contributed by atoms with Gasteiger partial charge in [-0.2, -0.15) is 4.98 Å². The summed E-state index contributed by atoms with van der Waals surface area (Å²) in [5.74, 6) is -0.231. The summed E-state index contributed by atoms with van der Waals surface area (Å²) in [5, 5.41) is 2.82. The minimum Gasteiger partial charge on any atom is -0.467 e. The second kappa shape index (κ2) is 5.48. The van der Waals surface area contributed by atoms with E-state index < -0.39 is 0 Å². The number of amides is 1. The molecule has 98 valence electrons. The molecule has 5 nitrogen and oxygen atoms in total. The highest BCUT2D eigenvalue weighted by Crippen LogP contribution is 2.13. The van der Waals surface area contributed by atoms with Gasteiger partial charge in [0.25, 0.3) is 5.91 Å². The van der Waals surface area contributed by atoms with E-state index in [0.717, 1.165) is 11.3 Å². The summed E-state index contributed by atoms with van der Waals surface area (Å²) in [7, 11) is 1.49. The van der Waals surface area contributed by atoms with Gasteiger partial charge in [-0.05, 0) is 31.5 Å². The molecule has 0 atom stereocenters. The number of hydrogen-bond donors (Lipinski definition) is 1. The second-order valence-electron chi connectivity index (χ2n) is 4.18. The summed E-state index contributed by atoms with van der Waals surface area (Å²) >= 11 is 0. The molecule has 1 heterocycles. The largest absolute Gasteiger partial charge is 0.467 e. The van der Waals surface area contributed by atoms with E-state index in [1.54, 1.807) is 6.92 Å². The number of carbonyl (C=O) groups excluding carboxylic acids is 1. The van der Waals surface area contributed by atoms with Crippen molar-refractivity contribution in [3.63, 3.8) is 0 Å². The zero-order chi connectivity index (χ0) is 13.8. The Labute approximate surface area is 111 Å². The van der Waals surface area contributed by atoms with Crippen molar-refractivity contribution in [2.45, 2.75) is 13.8 Å². The smallest absolute Gasteiger partial charge is 0.316 e. The summed E-state index contributed by atoms with van der Waals surface area (Å²) in [4.78, 5) is 20.1. The predicted octanol–water partition coefficient (Wildman–Crippen LogP) is 2.35. The van der Waals surface area contributed by atoms with Gasteiger partial charge in [0.1, 0.15) is 0 Å². The number of nitrogens with one attached hydrogen (secondary N) is 1. The van der Waals surface area contributed by atoms with E-state index in [2.05, 4.69) is 15.3 Å². The number of carbonyl (C=O) groups is 1. The van der Waals surface area contributed by atoms with Crippen LogP contribution in [0, 0.1) is 13.8 Å². The number of methoxy groups -OCH3 is 1. The van der Waals surface area contributed by atoms with E-state index in [1.807, 2.05) is 31.2 Å². The lowest BCUT2D eigenvalue weighted by molar-refractivity contribution is 0.102. The van der Waals surface area contributed by atoms with Crippen LogP contribution in [-0.4, -0.2) is 23.0 Å². The van der Waals surface area contributed by atoms with E-state index in [0.29, 0.717) is 11.3 Å². The van der Waals surface area contributed by atoms with Crippen molar-refractivity contribution in [1.29, 1.82) is 0 Å². The number of rotatable bonds is 3. The maximum atomic E-state index is 12.1. The third kappa shape index (κ3) is 3.07. The lowest BCUT2D eigenvalue weighted by Gasteiger charge is -2.08. The summed E-state index contributed by atoms with van der Waals surface area (Å²) < 4.78 is 4.91. The van der Waals surface area contributed by atoms with Crippen molar-refractivity contribution < 1.29 is 9.53 Å². The Morgan fingerprint density at radius 1 is 1.32 bits per heavy atom. The Morgan fingerprint density at radius 3 is 2.74 bits per heavy atom. The van der Waals surface area contributed by atoms with Crippen LogP contribution < -0.4 is 10.1 Å². The van der Waals surface area contributed by atoms with E-state index >= 15 is 0 Å². The molecule has 0 unspecified atom stereocenters. The summed E-state index contributed by atoms with van der Waals surface area (Å²) in [6, 6.07) is 7.85. The van der Waals surface area contributed by atoms with Crippen LogP contribution in [0.5, 0.6) is 6.01 Å². The number of hydrogen-bond acceptors (Lipinski definition) is 4. The van der Waals surface area contributed by atoms with Crippen LogP contribution in [0.2, 0.25) is 0 Å². The lowest BCUT2D eigenvalue weighted by atomic mass is 10.2. The average Bonchev–Trinajstić information content (AvgIpc) is 2.38. The zero-order valence-corrected chi connectivity index (χ0v) is 11.1. The first-order chi connectivity index (χ1) is 9.10. The van der Waals surface area contributed by atoms with Gasteiger partial charge in [0.05, 0.1) is 18.4 Å². The molecule has 5 heteroatoms. The Morgan fingerprint density at radius 2 is 2.11 bits per heavy atom. The summed E-state index contributed by atoms with van der Waals surface area (Å²) in [6.45, 7) is 3.72. The fourth-order valence-corrected chi connectivity index (χ4v) is 1.69. The molecule has 0 aliphatic rings. The highest BCUT2D eigenvalue weighted by Gasteiger charge is 2.12. The highest BCUT2D eigenvalue weighted by atomic mass is 16.5. The Hall–Kier alpha value is -2.43. The molecule has 0 bridgehead atoms. The van der Waals surface area contributed by atoms with Crippen LogP contribution in [0.3, 0.4) is 0 Å². The molecule has 0 aliphatic heterocycles. The zero-order valence-electron chi connectivity index (χ0n) is 11.1. The van der Waals surface area contributed by atoms with Crippen molar-refractivity contribution in [1.82, 2.24) is 9.97 Å². The number of benzene rings is 1. The van der Waals surface area contributed by atoms with Gasteiger partial charge in [-0.1, -0.05) is 12.1 Å². The van der Waals surface area contributed by atoms with Gasteiger partial charge >= 0.3 is 6.01 Å². The quantitative estimate of drug-likeness (QED) is 0.916. The van der Waals surface area contributed by atoms with Crippen molar-refractivity contribution in [3.8, 4) is 6.01 Å². The van der Waals surface area contributed by atoms with E-state index in [9.17, 15) is 4.79 Å². The number of aromatic nitrogens is 2. The van der Waals surface area contributed by atoms with Gasteiger partial charge < -0.3 is 10.1 Å². The lowest BCUT2D eigenvalue weighted by Crippen LogP contribution is -2.15. The SMILES string of the molecule is COc1ncc(C(=O)Nc2cccc(C)c2)c(C)n1. The molecule has 0 spiro atoms. The van der Waals surface area contributed by atoms with Gasteiger partial charge in [-0.3, -0.25) is 4.79 Å². The predicted molar refractivity (Wildman–Crippen MR) is 72.5 cm³/mol. The molecule has 1 N–H and O–H groups in total. The van der Waals surface area contributed by atoms with Crippen molar-refractivity contribution in [2.24, 2.45) is 0 Å². The minimum atomic E-state index is -0.231. The van der Waals surface area contributed by atoms with Crippen LogP contribution in [-0.2, 0) is 0 Å². The fourth-order valence-electron chi connectivity index (χ4n) is 1.69. The first-order valence-electron chi connectivity index (χ1n) is 5.86. The third-order valence-electron chi connectivity index (χ3n) is 2.66. The van der Waals surface area contributed by atoms with Gasteiger partial charge in [0, 0.05) is 11.9 Å². The van der Waals surface area contributed by atoms with Crippen LogP contribution in [0.15, 0.2) is 30.5 Å². The van der Waals surface area contributed by atoms with E-state index in [4.69, 9.17) is 4.74 Å². The summed E-state index contributed by atoms with van der Waals surface area (Å²) in [5.41, 5.74) is 2.85. The number of nitrogens with zero attached hydrogens (tertiary/aromatic N) is 2. The Balaban J connectivity index is 2.20. The average molecular weight is 257 g/mol. The Bertz CT molecular complexity index is 611. The molecule has 0 aliphatic carbocycles. The van der Waals surface area contributed by atoms with Crippen molar-refractivity contribution in [3.05, 3.63) is 47.3 Å². The fraction of sp³-hybridized carbons (Fsp3) is 0.214. The van der Waals surface area contributed by atoms with Crippen LogP contribution in [0.1, 0.15) is 21.6 Å². The molecule has 0 fully saturated rings. The maximum Gasteiger partial charge on any atom is 0.316 e. The van der Waals surface area contributed by atoms with Crippen molar-refractivity contribution >= 4 is 11.6 Å². The molecule has 1 aromatic heterocycles. The first kappa shape index (κ1) is 13.0.